The summed E-state index contributed by atoms with van der Waals surface area (Å²) in [7, 11) is 0. The number of aromatic nitrogens is 3. The number of fused-ring (bicyclic) bond motifs is 1. The maximum absolute atomic E-state index is 15.0. The number of nitrogens with one attached hydrogen (secondary N) is 2. The number of carbonyl (C=O) groups is 3. The number of aliphatic hydroxyl groups is 1. The molecule has 0 bridgehead atoms. The minimum atomic E-state index is -4.71. The van der Waals surface area contributed by atoms with Gasteiger partial charge in [0.1, 0.15) is 17.2 Å². The molecule has 2 aromatic carbocycles. The van der Waals surface area contributed by atoms with Gasteiger partial charge in [0.15, 0.2) is 0 Å². The fraction of sp³-hybridized carbons (Fsp3) is 0.382. The Hall–Kier alpha value is -4.69. The van der Waals surface area contributed by atoms with Gasteiger partial charge in [-0.25, -0.2) is 9.37 Å². The summed E-state index contributed by atoms with van der Waals surface area (Å²) in [6, 6.07) is 11.3. The Labute approximate surface area is 273 Å². The molecule has 48 heavy (non-hydrogen) atoms. The highest BCUT2D eigenvalue weighted by atomic mass is 19.4. The van der Waals surface area contributed by atoms with Gasteiger partial charge in [-0.1, -0.05) is 18.2 Å². The van der Waals surface area contributed by atoms with E-state index in [1.165, 1.54) is 26.0 Å². The molecule has 14 heteroatoms. The number of piperidine rings is 2. The summed E-state index contributed by atoms with van der Waals surface area (Å²) in [5, 5.41) is 21.2. The second kappa shape index (κ2) is 12.7. The first-order valence-corrected chi connectivity index (χ1v) is 15.6. The predicted octanol–water partition coefficient (Wildman–Crippen LogP) is 5.43. The lowest BCUT2D eigenvalue weighted by molar-refractivity contribution is -0.141. The molecule has 2 aromatic heterocycles. The molecule has 2 fully saturated rings. The van der Waals surface area contributed by atoms with Crippen LogP contribution in [0.1, 0.15) is 84.4 Å². The monoisotopic (exact) mass is 666 g/mol. The third-order valence-corrected chi connectivity index (χ3v) is 8.86. The van der Waals surface area contributed by atoms with Crippen LogP contribution in [0.15, 0.2) is 54.7 Å². The van der Waals surface area contributed by atoms with Gasteiger partial charge in [0, 0.05) is 54.5 Å². The van der Waals surface area contributed by atoms with E-state index in [0.29, 0.717) is 23.0 Å². The number of hydrogen-bond donors (Lipinski definition) is 3. The van der Waals surface area contributed by atoms with Gasteiger partial charge in [0.05, 0.1) is 23.1 Å². The summed E-state index contributed by atoms with van der Waals surface area (Å²) in [4.78, 5) is 42.3. The zero-order chi connectivity index (χ0) is 34.4. The van der Waals surface area contributed by atoms with E-state index in [-0.39, 0.29) is 36.0 Å². The highest BCUT2D eigenvalue weighted by Crippen LogP contribution is 2.34. The van der Waals surface area contributed by atoms with Crippen molar-refractivity contribution in [1.29, 1.82) is 0 Å². The van der Waals surface area contributed by atoms with E-state index in [9.17, 15) is 32.7 Å². The van der Waals surface area contributed by atoms with Crippen LogP contribution in [0, 0.1) is 5.82 Å². The van der Waals surface area contributed by atoms with Crippen molar-refractivity contribution in [3.8, 4) is 0 Å². The molecular weight excluding hydrogens is 632 g/mol. The zero-order valence-corrected chi connectivity index (χ0v) is 26.3. The molecular formula is C34H34F4N6O4. The molecule has 10 nitrogen and oxygen atoms in total. The molecule has 1 atom stereocenters. The summed E-state index contributed by atoms with van der Waals surface area (Å²) < 4.78 is 56.4. The average Bonchev–Trinajstić information content (AvgIpc) is 3.44. The van der Waals surface area contributed by atoms with E-state index >= 15 is 4.39 Å². The SMILES string of the molecule is CC(C)(O)c1cc2nn(C3CCN(Cc4ccc(C5CCC(=O)NC5=O)c(F)c4)CC3)cc2cc1NC(=O)c1cccc(C(F)(F)F)n1. The highest BCUT2D eigenvalue weighted by molar-refractivity contribution is 6.04. The maximum Gasteiger partial charge on any atom is 0.433 e. The number of anilines is 1. The number of halogens is 4. The van der Waals surface area contributed by atoms with Crippen molar-refractivity contribution < 1.29 is 37.1 Å². The average molecular weight is 667 g/mol. The summed E-state index contributed by atoms with van der Waals surface area (Å²) in [6.45, 7) is 5.04. The van der Waals surface area contributed by atoms with Gasteiger partial charge in [-0.05, 0) is 69.0 Å². The molecule has 0 aliphatic carbocycles. The molecule has 4 heterocycles. The van der Waals surface area contributed by atoms with Crippen LogP contribution in [0.5, 0.6) is 0 Å². The third-order valence-electron chi connectivity index (χ3n) is 8.86. The number of rotatable bonds is 7. The summed E-state index contributed by atoms with van der Waals surface area (Å²) in [5.74, 6) is -2.82. The molecule has 3 amide bonds. The number of alkyl halides is 3. The number of pyridine rings is 1. The standard InChI is InChI=1S/C34H34F4N6O4/c1-33(2,48)24-16-27-20(15-28(24)40-32(47)26-4-3-5-29(39-26)34(36,37)38)18-44(42-27)21-10-12-43(13-11-21)17-19-6-7-22(25(35)14-19)23-8-9-30(45)41-31(23)46/h3-7,14-16,18,21,23,48H,8-13,17H2,1-2H3,(H,40,47)(H,41,45,46). The van der Waals surface area contributed by atoms with E-state index in [2.05, 4.69) is 20.5 Å². The Morgan fingerprint density at radius 1 is 1.06 bits per heavy atom. The minimum Gasteiger partial charge on any atom is -0.386 e. The summed E-state index contributed by atoms with van der Waals surface area (Å²) >= 11 is 0. The normalized spacial score (nSPS) is 18.3. The molecule has 4 aromatic rings. The van der Waals surface area contributed by atoms with Gasteiger partial charge in [-0.3, -0.25) is 29.3 Å². The molecule has 6 rings (SSSR count). The quantitative estimate of drug-likeness (QED) is 0.177. The lowest BCUT2D eigenvalue weighted by Crippen LogP contribution is -2.39. The summed E-state index contributed by atoms with van der Waals surface area (Å²) in [6.07, 6.45) is -0.894. The lowest BCUT2D eigenvalue weighted by Gasteiger charge is -2.32. The van der Waals surface area contributed by atoms with Gasteiger partial charge < -0.3 is 10.4 Å². The Morgan fingerprint density at radius 3 is 2.48 bits per heavy atom. The minimum absolute atomic E-state index is 0.0539. The van der Waals surface area contributed by atoms with Crippen LogP contribution in [0.3, 0.4) is 0 Å². The smallest absolute Gasteiger partial charge is 0.386 e. The first-order valence-electron chi connectivity index (χ1n) is 15.6. The molecule has 3 N–H and O–H groups in total. The van der Waals surface area contributed by atoms with Crippen LogP contribution >= 0.6 is 0 Å². The largest absolute Gasteiger partial charge is 0.433 e. The number of nitrogens with zero attached hydrogens (tertiary/aromatic N) is 4. The number of imide groups is 1. The highest BCUT2D eigenvalue weighted by Gasteiger charge is 2.34. The Balaban J connectivity index is 1.13. The number of carbonyl (C=O) groups excluding carboxylic acids is 3. The van der Waals surface area contributed by atoms with Crippen LogP contribution in [0.2, 0.25) is 0 Å². The first-order chi connectivity index (χ1) is 22.7. The second-order valence-electron chi connectivity index (χ2n) is 12.9. The van der Waals surface area contributed by atoms with Crippen molar-refractivity contribution >= 4 is 34.3 Å². The van der Waals surface area contributed by atoms with Crippen LogP contribution in [-0.2, 0) is 27.9 Å². The molecule has 2 aliphatic heterocycles. The molecule has 2 saturated heterocycles. The van der Waals surface area contributed by atoms with Crippen LogP contribution in [0.4, 0.5) is 23.2 Å². The van der Waals surface area contributed by atoms with Gasteiger partial charge in [-0.2, -0.15) is 18.3 Å². The number of amides is 3. The fourth-order valence-corrected chi connectivity index (χ4v) is 6.33. The molecule has 0 radical (unpaired) electrons. The van der Waals surface area contributed by atoms with E-state index < -0.39 is 46.7 Å². The van der Waals surface area contributed by atoms with Crippen molar-refractivity contribution in [2.45, 2.75) is 69.8 Å². The molecule has 0 saturated carbocycles. The van der Waals surface area contributed by atoms with Gasteiger partial charge in [0.25, 0.3) is 5.91 Å². The molecule has 2 aliphatic rings. The lowest BCUT2D eigenvalue weighted by atomic mass is 9.89. The van der Waals surface area contributed by atoms with Crippen LogP contribution in [0.25, 0.3) is 10.9 Å². The van der Waals surface area contributed by atoms with E-state index in [4.69, 9.17) is 5.10 Å². The Morgan fingerprint density at radius 2 is 1.81 bits per heavy atom. The Kier molecular flexibility index (Phi) is 8.81. The number of benzene rings is 2. The van der Waals surface area contributed by atoms with Crippen molar-refractivity contribution in [3.63, 3.8) is 0 Å². The van der Waals surface area contributed by atoms with Gasteiger partial charge in [-0.15, -0.1) is 0 Å². The summed E-state index contributed by atoms with van der Waals surface area (Å²) in [5.41, 5.74) is -0.798. The topological polar surface area (TPSA) is 129 Å². The number of hydrogen-bond acceptors (Lipinski definition) is 7. The van der Waals surface area contributed by atoms with Gasteiger partial charge >= 0.3 is 6.18 Å². The van der Waals surface area contributed by atoms with E-state index in [1.54, 1.807) is 18.2 Å². The van der Waals surface area contributed by atoms with Crippen LogP contribution in [-0.4, -0.2) is 55.6 Å². The van der Waals surface area contributed by atoms with Crippen LogP contribution < -0.4 is 10.6 Å². The van der Waals surface area contributed by atoms with E-state index in [0.717, 1.165) is 43.6 Å². The third kappa shape index (κ3) is 7.09. The van der Waals surface area contributed by atoms with Gasteiger partial charge in [0.2, 0.25) is 11.8 Å². The van der Waals surface area contributed by atoms with Crippen molar-refractivity contribution in [3.05, 3.63) is 88.6 Å². The fourth-order valence-electron chi connectivity index (χ4n) is 6.33. The Bertz CT molecular complexity index is 1890. The van der Waals surface area contributed by atoms with E-state index in [1.807, 2.05) is 16.9 Å². The maximum atomic E-state index is 15.0. The first kappa shape index (κ1) is 33.2. The zero-order valence-electron chi connectivity index (χ0n) is 26.3. The van der Waals surface area contributed by atoms with Crippen molar-refractivity contribution in [2.75, 3.05) is 18.4 Å². The van der Waals surface area contributed by atoms with Crippen molar-refractivity contribution in [2.24, 2.45) is 0 Å². The number of likely N-dealkylation sites (tertiary alicyclic amines) is 1. The second-order valence-corrected chi connectivity index (χ2v) is 12.9. The van der Waals surface area contributed by atoms with Crippen molar-refractivity contribution in [1.82, 2.24) is 25.0 Å². The predicted molar refractivity (Wildman–Crippen MR) is 167 cm³/mol. The molecule has 1 unspecified atom stereocenters. The molecule has 0 spiro atoms. The molecule has 252 valence electrons.